The van der Waals surface area contributed by atoms with E-state index in [-0.39, 0.29) is 5.91 Å². The summed E-state index contributed by atoms with van der Waals surface area (Å²) in [7, 11) is 1.88. The molecule has 1 atom stereocenters. The summed E-state index contributed by atoms with van der Waals surface area (Å²) in [4.78, 5) is 14.3. The first kappa shape index (κ1) is 13.8. The molecule has 0 radical (unpaired) electrons. The summed E-state index contributed by atoms with van der Waals surface area (Å²) in [5.41, 5.74) is 2.80. The fourth-order valence-electron chi connectivity index (χ4n) is 2.65. The molecule has 1 aliphatic heterocycles. The number of carbonyl (C=O) groups excluding carboxylic acids is 1. The molecule has 110 valence electrons. The number of nitrogens with zero attached hydrogens (tertiary/aromatic N) is 3. The SMILES string of the molecule is Cc1cnn(-c2ccc(C(=O)N(C)C3CCNC3)cc2)c1. The van der Waals surface area contributed by atoms with Crippen molar-refractivity contribution in [2.75, 3.05) is 20.1 Å². The number of hydrogen-bond acceptors (Lipinski definition) is 3. The highest BCUT2D eigenvalue weighted by Crippen LogP contribution is 2.14. The molecule has 0 saturated carbocycles. The van der Waals surface area contributed by atoms with Crippen molar-refractivity contribution in [3.63, 3.8) is 0 Å². The number of aryl methyl sites for hydroxylation is 1. The lowest BCUT2D eigenvalue weighted by molar-refractivity contribution is 0.0744. The van der Waals surface area contributed by atoms with Crippen LogP contribution in [0, 0.1) is 6.92 Å². The zero-order chi connectivity index (χ0) is 14.8. The number of nitrogens with one attached hydrogen (secondary N) is 1. The van der Waals surface area contributed by atoms with Gasteiger partial charge >= 0.3 is 0 Å². The summed E-state index contributed by atoms with van der Waals surface area (Å²) in [6.07, 6.45) is 4.81. The molecule has 1 N–H and O–H groups in total. The van der Waals surface area contributed by atoms with Gasteiger partial charge in [-0.2, -0.15) is 5.10 Å². The third kappa shape index (κ3) is 2.83. The molecule has 1 unspecified atom stereocenters. The van der Waals surface area contributed by atoms with E-state index in [4.69, 9.17) is 0 Å². The van der Waals surface area contributed by atoms with Crippen LogP contribution >= 0.6 is 0 Å². The quantitative estimate of drug-likeness (QED) is 0.931. The second-order valence-corrected chi connectivity index (χ2v) is 5.57. The molecule has 1 amide bonds. The van der Waals surface area contributed by atoms with Gasteiger partial charge in [0.25, 0.3) is 5.91 Å². The average molecular weight is 284 g/mol. The largest absolute Gasteiger partial charge is 0.337 e. The first-order valence-corrected chi connectivity index (χ1v) is 7.25. The van der Waals surface area contributed by atoms with Crippen LogP contribution < -0.4 is 5.32 Å². The van der Waals surface area contributed by atoms with Crippen LogP contribution in [-0.2, 0) is 0 Å². The van der Waals surface area contributed by atoms with Gasteiger partial charge in [0.1, 0.15) is 0 Å². The van der Waals surface area contributed by atoms with Crippen LogP contribution in [0.15, 0.2) is 36.7 Å². The Morgan fingerprint density at radius 3 is 2.71 bits per heavy atom. The highest BCUT2D eigenvalue weighted by Gasteiger charge is 2.23. The highest BCUT2D eigenvalue weighted by molar-refractivity contribution is 5.94. The van der Waals surface area contributed by atoms with Gasteiger partial charge in [-0.25, -0.2) is 4.68 Å². The number of benzene rings is 1. The van der Waals surface area contributed by atoms with Crippen molar-refractivity contribution < 1.29 is 4.79 Å². The standard InChI is InChI=1S/C16H20N4O/c1-12-9-18-20(11-12)14-5-3-13(4-6-14)16(21)19(2)15-7-8-17-10-15/h3-6,9,11,15,17H,7-8,10H2,1-2H3. The maximum Gasteiger partial charge on any atom is 0.253 e. The van der Waals surface area contributed by atoms with Crippen molar-refractivity contribution in [3.05, 3.63) is 47.8 Å². The first-order chi connectivity index (χ1) is 10.1. The normalized spacial score (nSPS) is 17.9. The van der Waals surface area contributed by atoms with Crippen molar-refractivity contribution in [2.24, 2.45) is 0 Å². The summed E-state index contributed by atoms with van der Waals surface area (Å²) < 4.78 is 1.81. The minimum Gasteiger partial charge on any atom is -0.337 e. The fourth-order valence-corrected chi connectivity index (χ4v) is 2.65. The molecule has 1 fully saturated rings. The molecule has 1 aliphatic rings. The number of aromatic nitrogens is 2. The number of hydrogen-bond donors (Lipinski definition) is 1. The van der Waals surface area contributed by atoms with E-state index < -0.39 is 0 Å². The van der Waals surface area contributed by atoms with Gasteiger partial charge in [0, 0.05) is 31.4 Å². The molecule has 1 aromatic heterocycles. The van der Waals surface area contributed by atoms with Crippen LogP contribution in [0.2, 0.25) is 0 Å². The lowest BCUT2D eigenvalue weighted by Crippen LogP contribution is -2.38. The van der Waals surface area contributed by atoms with E-state index in [0.717, 1.165) is 36.3 Å². The topological polar surface area (TPSA) is 50.2 Å². The molecular formula is C16H20N4O. The van der Waals surface area contributed by atoms with Crippen LogP contribution in [0.5, 0.6) is 0 Å². The Hall–Kier alpha value is -2.14. The Kier molecular flexibility index (Phi) is 3.75. The fraction of sp³-hybridized carbons (Fsp3) is 0.375. The molecular weight excluding hydrogens is 264 g/mol. The minimum atomic E-state index is 0.0758. The lowest BCUT2D eigenvalue weighted by atomic mass is 10.1. The molecule has 5 nitrogen and oxygen atoms in total. The molecule has 0 bridgehead atoms. The second kappa shape index (κ2) is 5.69. The van der Waals surface area contributed by atoms with Crippen molar-refractivity contribution in [1.82, 2.24) is 20.0 Å². The van der Waals surface area contributed by atoms with Crippen molar-refractivity contribution in [3.8, 4) is 5.69 Å². The predicted octanol–water partition coefficient (Wildman–Crippen LogP) is 1.61. The molecule has 21 heavy (non-hydrogen) atoms. The Balaban J connectivity index is 1.75. The van der Waals surface area contributed by atoms with Gasteiger partial charge in [-0.1, -0.05) is 0 Å². The number of rotatable bonds is 3. The van der Waals surface area contributed by atoms with Crippen molar-refractivity contribution in [2.45, 2.75) is 19.4 Å². The third-order valence-corrected chi connectivity index (χ3v) is 3.99. The maximum atomic E-state index is 12.5. The van der Waals surface area contributed by atoms with Crippen LogP contribution in [0.3, 0.4) is 0 Å². The molecule has 5 heteroatoms. The maximum absolute atomic E-state index is 12.5. The predicted molar refractivity (Wildman–Crippen MR) is 81.7 cm³/mol. The number of amides is 1. The van der Waals surface area contributed by atoms with E-state index in [1.54, 1.807) is 0 Å². The van der Waals surface area contributed by atoms with Crippen molar-refractivity contribution >= 4 is 5.91 Å². The Morgan fingerprint density at radius 1 is 1.38 bits per heavy atom. The van der Waals surface area contributed by atoms with Gasteiger partial charge in [-0.15, -0.1) is 0 Å². The Bertz CT molecular complexity index is 626. The molecule has 0 spiro atoms. The van der Waals surface area contributed by atoms with E-state index in [9.17, 15) is 4.79 Å². The monoisotopic (exact) mass is 284 g/mol. The van der Waals surface area contributed by atoms with Crippen LogP contribution in [0.1, 0.15) is 22.3 Å². The van der Waals surface area contributed by atoms with E-state index in [0.29, 0.717) is 6.04 Å². The van der Waals surface area contributed by atoms with E-state index in [1.165, 1.54) is 0 Å². The van der Waals surface area contributed by atoms with E-state index in [1.807, 2.05) is 60.2 Å². The van der Waals surface area contributed by atoms with Crippen LogP contribution in [0.25, 0.3) is 5.69 Å². The molecule has 1 aromatic carbocycles. The van der Waals surface area contributed by atoms with Crippen molar-refractivity contribution in [1.29, 1.82) is 0 Å². The summed E-state index contributed by atoms with van der Waals surface area (Å²) >= 11 is 0. The van der Waals surface area contributed by atoms with Gasteiger partial charge in [-0.05, 0) is 49.7 Å². The summed E-state index contributed by atoms with van der Waals surface area (Å²) in [5, 5.41) is 7.56. The molecule has 0 aliphatic carbocycles. The molecule has 1 saturated heterocycles. The zero-order valence-electron chi connectivity index (χ0n) is 12.4. The van der Waals surface area contributed by atoms with Gasteiger partial charge in [-0.3, -0.25) is 4.79 Å². The van der Waals surface area contributed by atoms with Crippen LogP contribution in [-0.4, -0.2) is 46.8 Å². The van der Waals surface area contributed by atoms with Gasteiger partial charge in [0.05, 0.1) is 11.9 Å². The molecule has 2 aromatic rings. The van der Waals surface area contributed by atoms with Gasteiger partial charge in [0.15, 0.2) is 0 Å². The second-order valence-electron chi connectivity index (χ2n) is 5.57. The summed E-state index contributed by atoms with van der Waals surface area (Å²) in [6.45, 7) is 3.87. The first-order valence-electron chi connectivity index (χ1n) is 7.25. The Labute approximate surface area is 124 Å². The number of carbonyl (C=O) groups is 1. The smallest absolute Gasteiger partial charge is 0.253 e. The average Bonchev–Trinajstić information content (AvgIpc) is 3.17. The van der Waals surface area contributed by atoms with Gasteiger partial charge in [0.2, 0.25) is 0 Å². The molecule has 3 rings (SSSR count). The number of likely N-dealkylation sites (N-methyl/N-ethyl adjacent to an activating group) is 1. The van der Waals surface area contributed by atoms with E-state index in [2.05, 4.69) is 10.4 Å². The summed E-state index contributed by atoms with van der Waals surface area (Å²) in [5.74, 6) is 0.0758. The van der Waals surface area contributed by atoms with E-state index >= 15 is 0 Å². The zero-order valence-corrected chi connectivity index (χ0v) is 12.4. The molecule has 2 heterocycles. The lowest BCUT2D eigenvalue weighted by Gasteiger charge is -2.23. The Morgan fingerprint density at radius 2 is 2.14 bits per heavy atom. The van der Waals surface area contributed by atoms with Gasteiger partial charge < -0.3 is 10.2 Å². The third-order valence-electron chi connectivity index (χ3n) is 3.99. The van der Waals surface area contributed by atoms with Crippen LogP contribution in [0.4, 0.5) is 0 Å². The minimum absolute atomic E-state index is 0.0758. The summed E-state index contributed by atoms with van der Waals surface area (Å²) in [6, 6.07) is 7.90. The highest BCUT2D eigenvalue weighted by atomic mass is 16.2.